The van der Waals surface area contributed by atoms with Gasteiger partial charge in [0, 0.05) is 17.5 Å². The number of nitrogens with one attached hydrogen (secondary N) is 1. The van der Waals surface area contributed by atoms with Crippen molar-refractivity contribution in [3.05, 3.63) is 52.7 Å². The van der Waals surface area contributed by atoms with Crippen LogP contribution in [0.4, 0.5) is 0 Å². The Kier molecular flexibility index (Phi) is 5.04. The quantitative estimate of drug-likeness (QED) is 0.728. The molecule has 0 bridgehead atoms. The fourth-order valence-electron chi connectivity index (χ4n) is 2.33. The lowest BCUT2D eigenvalue weighted by Gasteiger charge is -2.11. The maximum absolute atomic E-state index is 12.4. The zero-order chi connectivity index (χ0) is 17.8. The third-order valence-electron chi connectivity index (χ3n) is 3.61. The van der Waals surface area contributed by atoms with Gasteiger partial charge in [-0.25, -0.2) is 4.98 Å². The van der Waals surface area contributed by atoms with E-state index in [1.165, 1.54) is 11.3 Å². The number of thiazole rings is 1. The van der Waals surface area contributed by atoms with E-state index in [4.69, 9.17) is 13.9 Å². The number of carbonyl (C=O) groups excluding carboxylic acids is 1. The van der Waals surface area contributed by atoms with E-state index in [0.29, 0.717) is 34.5 Å². The van der Waals surface area contributed by atoms with Gasteiger partial charge in [0.05, 0.1) is 14.2 Å². The van der Waals surface area contributed by atoms with Gasteiger partial charge in [0.1, 0.15) is 23.0 Å². The van der Waals surface area contributed by atoms with Crippen molar-refractivity contribution in [3.63, 3.8) is 0 Å². The predicted molar refractivity (Wildman–Crippen MR) is 95.3 cm³/mol. The Bertz CT molecular complexity index is 885. The summed E-state index contributed by atoms with van der Waals surface area (Å²) in [6.07, 6.45) is 0. The van der Waals surface area contributed by atoms with Crippen LogP contribution in [0, 0.1) is 6.92 Å². The van der Waals surface area contributed by atoms with Crippen molar-refractivity contribution in [2.75, 3.05) is 14.2 Å². The molecule has 0 atom stereocenters. The lowest BCUT2D eigenvalue weighted by atomic mass is 10.2. The molecule has 1 amide bonds. The molecule has 25 heavy (non-hydrogen) atoms. The first-order valence-corrected chi connectivity index (χ1v) is 8.50. The smallest absolute Gasteiger partial charge is 0.271 e. The molecule has 2 heterocycles. The van der Waals surface area contributed by atoms with Crippen LogP contribution in [0.25, 0.3) is 10.8 Å². The van der Waals surface area contributed by atoms with Gasteiger partial charge in [0.15, 0.2) is 10.8 Å². The molecule has 0 unspecified atom stereocenters. The molecule has 0 fully saturated rings. The first kappa shape index (κ1) is 17.0. The van der Waals surface area contributed by atoms with E-state index in [0.717, 1.165) is 11.3 Å². The summed E-state index contributed by atoms with van der Waals surface area (Å²) in [4.78, 5) is 16.7. The zero-order valence-electron chi connectivity index (χ0n) is 14.2. The standard InChI is InChI=1S/C18H18N2O4S/c1-11-4-6-16(24-11)18-20-14(10-25-18)17(21)19-9-12-8-13(22-2)5-7-15(12)23-3/h4-8,10H,9H2,1-3H3,(H,19,21). The number of amides is 1. The van der Waals surface area contributed by atoms with Crippen molar-refractivity contribution < 1.29 is 18.7 Å². The summed E-state index contributed by atoms with van der Waals surface area (Å²) < 4.78 is 16.1. The van der Waals surface area contributed by atoms with Crippen molar-refractivity contribution in [2.24, 2.45) is 0 Å². The van der Waals surface area contributed by atoms with E-state index in [2.05, 4.69) is 10.3 Å². The minimum Gasteiger partial charge on any atom is -0.497 e. The third kappa shape index (κ3) is 3.83. The maximum Gasteiger partial charge on any atom is 0.271 e. The Hall–Kier alpha value is -2.80. The van der Waals surface area contributed by atoms with Crippen molar-refractivity contribution >= 4 is 17.2 Å². The Morgan fingerprint density at radius 3 is 2.76 bits per heavy atom. The van der Waals surface area contributed by atoms with Crippen LogP contribution in [-0.4, -0.2) is 25.1 Å². The lowest BCUT2D eigenvalue weighted by molar-refractivity contribution is 0.0946. The molecule has 0 saturated heterocycles. The van der Waals surface area contributed by atoms with Gasteiger partial charge in [0.2, 0.25) is 0 Å². The van der Waals surface area contributed by atoms with Gasteiger partial charge in [-0.2, -0.15) is 0 Å². The number of methoxy groups -OCH3 is 2. The summed E-state index contributed by atoms with van der Waals surface area (Å²) in [5, 5.41) is 5.24. The topological polar surface area (TPSA) is 73.6 Å². The van der Waals surface area contributed by atoms with Crippen molar-refractivity contribution in [3.8, 4) is 22.3 Å². The van der Waals surface area contributed by atoms with Crippen LogP contribution in [-0.2, 0) is 6.54 Å². The predicted octanol–water partition coefficient (Wildman–Crippen LogP) is 3.66. The third-order valence-corrected chi connectivity index (χ3v) is 4.47. The molecule has 3 aromatic rings. The number of furan rings is 1. The Labute approximate surface area is 149 Å². The van der Waals surface area contributed by atoms with E-state index in [1.54, 1.807) is 25.7 Å². The minimum absolute atomic E-state index is 0.254. The van der Waals surface area contributed by atoms with Crippen LogP contribution in [0.15, 0.2) is 40.1 Å². The Balaban J connectivity index is 1.70. The molecular formula is C18H18N2O4S. The van der Waals surface area contributed by atoms with Crippen molar-refractivity contribution in [1.82, 2.24) is 10.3 Å². The molecule has 0 aliphatic carbocycles. The molecule has 0 radical (unpaired) electrons. The molecule has 7 heteroatoms. The number of rotatable bonds is 6. The molecule has 0 aliphatic rings. The molecule has 0 saturated carbocycles. The number of ether oxygens (including phenoxy) is 2. The largest absolute Gasteiger partial charge is 0.497 e. The highest BCUT2D eigenvalue weighted by Crippen LogP contribution is 2.26. The van der Waals surface area contributed by atoms with Gasteiger partial charge >= 0.3 is 0 Å². The van der Waals surface area contributed by atoms with Crippen LogP contribution in [0.3, 0.4) is 0 Å². The summed E-state index contributed by atoms with van der Waals surface area (Å²) >= 11 is 1.37. The van der Waals surface area contributed by atoms with Gasteiger partial charge in [-0.3, -0.25) is 4.79 Å². The molecule has 1 aromatic carbocycles. The van der Waals surface area contributed by atoms with E-state index in [9.17, 15) is 4.79 Å². The van der Waals surface area contributed by atoms with Crippen LogP contribution >= 0.6 is 11.3 Å². The van der Waals surface area contributed by atoms with Crippen molar-refractivity contribution in [2.45, 2.75) is 13.5 Å². The monoisotopic (exact) mass is 358 g/mol. The number of hydrogen-bond donors (Lipinski definition) is 1. The SMILES string of the molecule is COc1ccc(OC)c(CNC(=O)c2csc(-c3ccc(C)o3)n2)c1. The molecule has 6 nitrogen and oxygen atoms in total. The summed E-state index contributed by atoms with van der Waals surface area (Å²) in [5.74, 6) is 2.60. The Morgan fingerprint density at radius 1 is 1.24 bits per heavy atom. The van der Waals surface area contributed by atoms with Gasteiger partial charge in [-0.05, 0) is 37.3 Å². The average Bonchev–Trinajstić information content (AvgIpc) is 3.28. The molecule has 130 valence electrons. The molecule has 1 N–H and O–H groups in total. The van der Waals surface area contributed by atoms with Gasteiger partial charge in [0.25, 0.3) is 5.91 Å². The number of hydrogen-bond acceptors (Lipinski definition) is 6. The fourth-order valence-corrected chi connectivity index (χ4v) is 3.09. The number of aromatic nitrogens is 1. The molecule has 2 aromatic heterocycles. The van der Waals surface area contributed by atoms with E-state index in [1.807, 2.05) is 31.2 Å². The van der Waals surface area contributed by atoms with Crippen LogP contribution < -0.4 is 14.8 Å². The minimum atomic E-state index is -0.254. The first-order chi connectivity index (χ1) is 12.1. The van der Waals surface area contributed by atoms with Crippen molar-refractivity contribution in [1.29, 1.82) is 0 Å². The summed E-state index contributed by atoms with van der Waals surface area (Å²) in [6, 6.07) is 9.16. The normalized spacial score (nSPS) is 10.5. The van der Waals surface area contributed by atoms with E-state index < -0.39 is 0 Å². The molecule has 0 aliphatic heterocycles. The fraction of sp³-hybridized carbons (Fsp3) is 0.222. The van der Waals surface area contributed by atoms with Crippen LogP contribution in [0.1, 0.15) is 21.8 Å². The number of nitrogens with zero attached hydrogens (tertiary/aromatic N) is 1. The second kappa shape index (κ2) is 7.40. The summed E-state index contributed by atoms with van der Waals surface area (Å²) in [7, 11) is 3.18. The molecule has 0 spiro atoms. The second-order valence-corrected chi connectivity index (χ2v) is 6.17. The molecule has 3 rings (SSSR count). The van der Waals surface area contributed by atoms with Gasteiger partial charge < -0.3 is 19.2 Å². The zero-order valence-corrected chi connectivity index (χ0v) is 15.0. The van der Waals surface area contributed by atoms with Crippen LogP contribution in [0.5, 0.6) is 11.5 Å². The highest BCUT2D eigenvalue weighted by Gasteiger charge is 2.14. The first-order valence-electron chi connectivity index (χ1n) is 7.62. The van der Waals surface area contributed by atoms with E-state index >= 15 is 0 Å². The second-order valence-electron chi connectivity index (χ2n) is 5.31. The van der Waals surface area contributed by atoms with Crippen LogP contribution in [0.2, 0.25) is 0 Å². The highest BCUT2D eigenvalue weighted by molar-refractivity contribution is 7.13. The number of aryl methyl sites for hydroxylation is 1. The molecular weight excluding hydrogens is 340 g/mol. The van der Waals surface area contributed by atoms with E-state index in [-0.39, 0.29) is 5.91 Å². The lowest BCUT2D eigenvalue weighted by Crippen LogP contribution is -2.23. The number of benzene rings is 1. The Morgan fingerprint density at radius 2 is 2.08 bits per heavy atom. The maximum atomic E-state index is 12.4. The summed E-state index contributed by atoms with van der Waals surface area (Å²) in [5.41, 5.74) is 1.18. The summed E-state index contributed by atoms with van der Waals surface area (Å²) in [6.45, 7) is 2.18. The van der Waals surface area contributed by atoms with Gasteiger partial charge in [-0.1, -0.05) is 0 Å². The average molecular weight is 358 g/mol. The highest BCUT2D eigenvalue weighted by atomic mass is 32.1. The van der Waals surface area contributed by atoms with Gasteiger partial charge in [-0.15, -0.1) is 11.3 Å². The number of carbonyl (C=O) groups is 1.